The van der Waals surface area contributed by atoms with Crippen LogP contribution in [-0.4, -0.2) is 16.2 Å². The zero-order valence-electron chi connectivity index (χ0n) is 6.40. The van der Waals surface area contributed by atoms with E-state index >= 15 is 0 Å². The molecule has 0 atom stereocenters. The molecule has 0 heterocycles. The highest BCUT2D eigenvalue weighted by atomic mass is 16.4. The summed E-state index contributed by atoms with van der Waals surface area (Å²) in [7, 11) is 3.26. The molecule has 0 aromatic heterocycles. The van der Waals surface area contributed by atoms with Gasteiger partial charge in [-0.15, -0.1) is 0 Å². The quantitative estimate of drug-likeness (QED) is 0.657. The van der Waals surface area contributed by atoms with Gasteiger partial charge in [0.2, 0.25) is 0 Å². The van der Waals surface area contributed by atoms with E-state index in [2.05, 4.69) is 12.5 Å². The molecule has 1 aromatic carbocycles. The number of carboxylic acid groups (broad SMARTS) is 1. The van der Waals surface area contributed by atoms with Crippen LogP contribution in [0.4, 0.5) is 10.5 Å². The number of hydrogen-bond donors (Lipinski definition) is 2. The average Bonchev–Trinajstić information content (AvgIpc) is 2.06. The molecule has 0 unspecified atom stereocenters. The van der Waals surface area contributed by atoms with E-state index in [1.807, 2.05) is 6.07 Å². The maximum absolute atomic E-state index is 10.3. The predicted octanol–water partition coefficient (Wildman–Crippen LogP) is 1.79. The minimum absolute atomic E-state index is 0.690. The van der Waals surface area contributed by atoms with E-state index in [0.717, 1.165) is 5.01 Å². The summed E-state index contributed by atoms with van der Waals surface area (Å²) in [5, 5.41) is 9.19. The molecule has 4 heteroatoms. The Morgan fingerprint density at radius 1 is 1.42 bits per heavy atom. The monoisotopic (exact) mass is 165 g/mol. The standard InChI is InChI=1S/C8H9N2O2/c1-10(8(11)12)9-7-5-3-2-4-6-7/h2-6,9H,1H2,(H,11,12). The molecule has 0 aliphatic rings. The third-order valence-corrected chi connectivity index (χ3v) is 1.27. The highest BCUT2D eigenvalue weighted by Gasteiger charge is 2.03. The maximum atomic E-state index is 10.3. The summed E-state index contributed by atoms with van der Waals surface area (Å²) < 4.78 is 0. The molecule has 0 aliphatic heterocycles. The van der Waals surface area contributed by atoms with Crippen LogP contribution < -0.4 is 5.43 Å². The van der Waals surface area contributed by atoms with E-state index in [-0.39, 0.29) is 0 Å². The van der Waals surface area contributed by atoms with Crippen LogP contribution in [0.1, 0.15) is 0 Å². The van der Waals surface area contributed by atoms with E-state index in [1.165, 1.54) is 0 Å². The maximum Gasteiger partial charge on any atom is 0.426 e. The minimum Gasteiger partial charge on any atom is -0.464 e. The Kier molecular flexibility index (Phi) is 2.53. The Hall–Kier alpha value is -1.71. The summed E-state index contributed by atoms with van der Waals surface area (Å²) in [6.45, 7) is 0. The van der Waals surface area contributed by atoms with Gasteiger partial charge in [-0.05, 0) is 12.1 Å². The molecule has 0 saturated heterocycles. The van der Waals surface area contributed by atoms with E-state index in [1.54, 1.807) is 24.3 Å². The molecule has 1 rings (SSSR count). The second kappa shape index (κ2) is 3.61. The van der Waals surface area contributed by atoms with Crippen molar-refractivity contribution in [3.63, 3.8) is 0 Å². The zero-order chi connectivity index (χ0) is 8.97. The molecule has 0 bridgehead atoms. The lowest BCUT2D eigenvalue weighted by Crippen LogP contribution is -2.28. The highest BCUT2D eigenvalue weighted by molar-refractivity contribution is 5.67. The average molecular weight is 165 g/mol. The number of rotatable bonds is 2. The lowest BCUT2D eigenvalue weighted by molar-refractivity contribution is 0.169. The number of nitrogens with one attached hydrogen (secondary N) is 1. The van der Waals surface area contributed by atoms with E-state index in [0.29, 0.717) is 5.69 Å². The third-order valence-electron chi connectivity index (χ3n) is 1.27. The summed E-state index contributed by atoms with van der Waals surface area (Å²) in [6.07, 6.45) is -1.13. The van der Waals surface area contributed by atoms with Gasteiger partial charge in [-0.25, -0.2) is 9.80 Å². The summed E-state index contributed by atoms with van der Waals surface area (Å²) in [6, 6.07) is 8.96. The van der Waals surface area contributed by atoms with Gasteiger partial charge in [0.05, 0.1) is 12.7 Å². The van der Waals surface area contributed by atoms with Crippen molar-refractivity contribution in [2.24, 2.45) is 0 Å². The van der Waals surface area contributed by atoms with Gasteiger partial charge in [-0.3, -0.25) is 5.43 Å². The highest BCUT2D eigenvalue weighted by Crippen LogP contribution is 2.05. The van der Waals surface area contributed by atoms with Crippen LogP contribution >= 0.6 is 0 Å². The first-order chi connectivity index (χ1) is 5.70. The molecular formula is C8H9N2O2. The van der Waals surface area contributed by atoms with Crippen molar-refractivity contribution < 1.29 is 9.90 Å². The van der Waals surface area contributed by atoms with Gasteiger partial charge in [0, 0.05) is 0 Å². The van der Waals surface area contributed by atoms with Gasteiger partial charge in [-0.2, -0.15) is 0 Å². The zero-order valence-corrected chi connectivity index (χ0v) is 6.40. The van der Waals surface area contributed by atoms with Crippen LogP contribution in [-0.2, 0) is 0 Å². The number of anilines is 1. The van der Waals surface area contributed by atoms with Crippen LogP contribution in [0.15, 0.2) is 30.3 Å². The Labute approximate surface area is 70.4 Å². The van der Waals surface area contributed by atoms with Crippen molar-refractivity contribution in [1.82, 2.24) is 5.01 Å². The van der Waals surface area contributed by atoms with Gasteiger partial charge in [0.15, 0.2) is 0 Å². The minimum atomic E-state index is -1.13. The molecule has 2 N–H and O–H groups in total. The van der Waals surface area contributed by atoms with E-state index in [4.69, 9.17) is 5.11 Å². The largest absolute Gasteiger partial charge is 0.464 e. The van der Waals surface area contributed by atoms with Crippen LogP contribution in [0.25, 0.3) is 0 Å². The van der Waals surface area contributed by atoms with Crippen molar-refractivity contribution in [2.45, 2.75) is 0 Å². The van der Waals surface area contributed by atoms with Crippen LogP contribution in [0.5, 0.6) is 0 Å². The second-order valence-corrected chi connectivity index (χ2v) is 2.19. The van der Waals surface area contributed by atoms with Crippen molar-refractivity contribution in [1.29, 1.82) is 0 Å². The van der Waals surface area contributed by atoms with Gasteiger partial charge in [-0.1, -0.05) is 18.2 Å². The lowest BCUT2D eigenvalue weighted by atomic mass is 10.3. The Balaban J connectivity index is 2.58. The number of hydrazine groups is 1. The fourth-order valence-corrected chi connectivity index (χ4v) is 0.716. The molecule has 1 radical (unpaired) electrons. The number of hydrogen-bond acceptors (Lipinski definition) is 2. The topological polar surface area (TPSA) is 52.6 Å². The Morgan fingerprint density at radius 2 is 2.00 bits per heavy atom. The molecule has 0 saturated carbocycles. The predicted molar refractivity (Wildman–Crippen MR) is 45.3 cm³/mol. The Morgan fingerprint density at radius 3 is 2.50 bits per heavy atom. The number of nitrogens with zero attached hydrogens (tertiary/aromatic N) is 1. The van der Waals surface area contributed by atoms with Gasteiger partial charge in [0.1, 0.15) is 0 Å². The van der Waals surface area contributed by atoms with Crippen molar-refractivity contribution in [2.75, 3.05) is 5.43 Å². The number of para-hydroxylation sites is 1. The number of carbonyl (C=O) groups is 1. The molecule has 0 spiro atoms. The molecule has 0 aliphatic carbocycles. The van der Waals surface area contributed by atoms with Crippen LogP contribution in [0.2, 0.25) is 0 Å². The molecule has 4 nitrogen and oxygen atoms in total. The van der Waals surface area contributed by atoms with Crippen LogP contribution in [0, 0.1) is 7.05 Å². The smallest absolute Gasteiger partial charge is 0.426 e. The molecule has 12 heavy (non-hydrogen) atoms. The molecular weight excluding hydrogens is 156 g/mol. The summed E-state index contributed by atoms with van der Waals surface area (Å²) >= 11 is 0. The van der Waals surface area contributed by atoms with Crippen molar-refractivity contribution >= 4 is 11.8 Å². The van der Waals surface area contributed by atoms with E-state index in [9.17, 15) is 4.79 Å². The normalized spacial score (nSPS) is 9.08. The van der Waals surface area contributed by atoms with E-state index < -0.39 is 6.09 Å². The molecule has 1 amide bonds. The Bertz CT molecular complexity index is 261. The summed E-state index contributed by atoms with van der Waals surface area (Å²) in [5.41, 5.74) is 3.25. The van der Waals surface area contributed by atoms with Crippen molar-refractivity contribution in [3.8, 4) is 0 Å². The molecule has 63 valence electrons. The second-order valence-electron chi connectivity index (χ2n) is 2.19. The van der Waals surface area contributed by atoms with Crippen LogP contribution in [0.3, 0.4) is 0 Å². The lowest BCUT2D eigenvalue weighted by Gasteiger charge is -2.14. The third kappa shape index (κ3) is 2.16. The molecule has 0 fully saturated rings. The fourth-order valence-electron chi connectivity index (χ4n) is 0.716. The fraction of sp³-hybridized carbons (Fsp3) is 0. The first kappa shape index (κ1) is 8.39. The van der Waals surface area contributed by atoms with Gasteiger partial charge in [0.25, 0.3) is 0 Å². The SMILES string of the molecule is [CH2]N(Nc1ccccc1)C(=O)O. The number of amides is 1. The van der Waals surface area contributed by atoms with Gasteiger partial charge >= 0.3 is 6.09 Å². The first-order valence-electron chi connectivity index (χ1n) is 3.35. The summed E-state index contributed by atoms with van der Waals surface area (Å²) in [4.78, 5) is 10.3. The van der Waals surface area contributed by atoms with Crippen molar-refractivity contribution in [3.05, 3.63) is 37.4 Å². The molecule has 1 aromatic rings. The van der Waals surface area contributed by atoms with Gasteiger partial charge < -0.3 is 5.11 Å². The first-order valence-corrected chi connectivity index (χ1v) is 3.35. The number of benzene rings is 1. The summed E-state index contributed by atoms with van der Waals surface area (Å²) in [5.74, 6) is 0.